The number of hydrogen-bond acceptors (Lipinski definition) is 2. The third kappa shape index (κ3) is 2.09. The van der Waals surface area contributed by atoms with Gasteiger partial charge in [-0.25, -0.2) is 8.42 Å². The van der Waals surface area contributed by atoms with E-state index in [-0.39, 0.29) is 0 Å². The molecule has 84 valence electrons. The summed E-state index contributed by atoms with van der Waals surface area (Å²) >= 11 is 0. The molecule has 0 unspecified atom stereocenters. The molecular weight excluding hydrogens is 222 g/mol. The zero-order valence-electron chi connectivity index (χ0n) is 9.05. The molecule has 1 heterocycles. The van der Waals surface area contributed by atoms with E-state index in [1.807, 2.05) is 19.1 Å². The lowest BCUT2D eigenvalue weighted by Crippen LogP contribution is -2.32. The Balaban J connectivity index is 2.32. The van der Waals surface area contributed by atoms with Gasteiger partial charge in [-0.15, -0.1) is 5.73 Å². The Morgan fingerprint density at radius 2 is 1.69 bits per heavy atom. The molecule has 4 heteroatoms. The normalized spacial score (nSPS) is 16.6. The van der Waals surface area contributed by atoms with E-state index in [9.17, 15) is 8.42 Å². The van der Waals surface area contributed by atoms with Crippen LogP contribution in [0.25, 0.3) is 0 Å². The molecule has 0 radical (unpaired) electrons. The van der Waals surface area contributed by atoms with Crippen molar-refractivity contribution in [3.63, 3.8) is 0 Å². The van der Waals surface area contributed by atoms with Crippen LogP contribution in [0.3, 0.4) is 0 Å². The van der Waals surface area contributed by atoms with Gasteiger partial charge in [0.2, 0.25) is 10.0 Å². The molecule has 1 aliphatic heterocycles. The maximum Gasteiger partial charge on any atom is 0.243 e. The summed E-state index contributed by atoms with van der Waals surface area (Å²) in [6.45, 7) is 2.72. The average molecular weight is 235 g/mol. The second-order valence-corrected chi connectivity index (χ2v) is 5.65. The van der Waals surface area contributed by atoms with Crippen molar-refractivity contribution < 1.29 is 8.42 Å². The molecule has 0 atom stereocenters. The molecule has 3 nitrogen and oxygen atoms in total. The van der Waals surface area contributed by atoms with E-state index in [0.29, 0.717) is 18.0 Å². The summed E-state index contributed by atoms with van der Waals surface area (Å²) in [5, 5.41) is 0. The van der Waals surface area contributed by atoms with Crippen LogP contribution in [0, 0.1) is 6.92 Å². The van der Waals surface area contributed by atoms with Gasteiger partial charge < -0.3 is 0 Å². The molecule has 0 saturated carbocycles. The molecule has 2 rings (SSSR count). The van der Waals surface area contributed by atoms with Crippen LogP contribution in [0.2, 0.25) is 0 Å². The molecule has 0 spiro atoms. The van der Waals surface area contributed by atoms with Crippen LogP contribution < -0.4 is 0 Å². The highest BCUT2D eigenvalue weighted by atomic mass is 32.2. The van der Waals surface area contributed by atoms with Crippen molar-refractivity contribution in [2.24, 2.45) is 0 Å². The van der Waals surface area contributed by atoms with E-state index in [2.05, 4.69) is 5.73 Å². The van der Waals surface area contributed by atoms with E-state index in [0.717, 1.165) is 5.56 Å². The van der Waals surface area contributed by atoms with Gasteiger partial charge in [-0.2, -0.15) is 4.31 Å². The first-order chi connectivity index (χ1) is 7.60. The number of rotatable bonds is 2. The predicted molar refractivity (Wildman–Crippen MR) is 62.6 cm³/mol. The van der Waals surface area contributed by atoms with E-state index in [1.54, 1.807) is 24.3 Å². The minimum atomic E-state index is -3.35. The number of aryl methyl sites for hydroxylation is 1. The fraction of sp³-hybridized carbons (Fsp3) is 0.250. The summed E-state index contributed by atoms with van der Waals surface area (Å²) in [6, 6.07) is 6.91. The lowest BCUT2D eigenvalue weighted by Gasteiger charge is -2.20. The molecule has 0 bridgehead atoms. The van der Waals surface area contributed by atoms with Crippen LogP contribution in [0.5, 0.6) is 0 Å². The summed E-state index contributed by atoms with van der Waals surface area (Å²) in [5.74, 6) is 0. The van der Waals surface area contributed by atoms with Crippen LogP contribution >= 0.6 is 0 Å². The summed E-state index contributed by atoms with van der Waals surface area (Å²) in [5.41, 5.74) is 3.94. The Labute approximate surface area is 95.8 Å². The third-order valence-corrected chi connectivity index (χ3v) is 4.33. The predicted octanol–water partition coefficient (Wildman–Crippen LogP) is 1.71. The van der Waals surface area contributed by atoms with Crippen LogP contribution in [0.1, 0.15) is 5.56 Å². The Bertz CT molecular complexity index is 527. The van der Waals surface area contributed by atoms with Crippen molar-refractivity contribution in [3.05, 3.63) is 47.7 Å². The Morgan fingerprint density at radius 1 is 1.12 bits per heavy atom. The molecule has 0 N–H and O–H groups in total. The Hall–Kier alpha value is -1.35. The van der Waals surface area contributed by atoms with E-state index < -0.39 is 10.0 Å². The van der Waals surface area contributed by atoms with Gasteiger partial charge in [-0.3, -0.25) is 0 Å². The fourth-order valence-electron chi connectivity index (χ4n) is 1.52. The first-order valence-electron chi connectivity index (χ1n) is 5.07. The molecule has 0 aromatic heterocycles. The molecule has 0 saturated heterocycles. The number of benzene rings is 1. The van der Waals surface area contributed by atoms with Crippen LogP contribution in [0.15, 0.2) is 47.0 Å². The highest BCUT2D eigenvalue weighted by Gasteiger charge is 2.22. The molecule has 0 amide bonds. The standard InChI is InChI=1S/C12H13NO2S/c1-11-5-7-12(8-6-11)16(14,15)13-9-3-2-4-10-13/h3-8H,9-10H2,1H3. The molecule has 1 aromatic rings. The molecular formula is C12H13NO2S. The van der Waals surface area contributed by atoms with Gasteiger partial charge in [-0.1, -0.05) is 17.7 Å². The molecule has 0 fully saturated rings. The van der Waals surface area contributed by atoms with Gasteiger partial charge in [0.05, 0.1) is 4.90 Å². The number of hydrogen-bond donors (Lipinski definition) is 0. The fourth-order valence-corrected chi connectivity index (χ4v) is 2.84. The lowest BCUT2D eigenvalue weighted by molar-refractivity contribution is 0.470. The smallest absolute Gasteiger partial charge is 0.207 e. The second kappa shape index (κ2) is 4.26. The SMILES string of the molecule is Cc1ccc(S(=O)(=O)N2CC=C=CC2)cc1. The van der Waals surface area contributed by atoms with Crippen molar-refractivity contribution in [1.82, 2.24) is 4.31 Å². The van der Waals surface area contributed by atoms with Gasteiger partial charge in [0.25, 0.3) is 0 Å². The van der Waals surface area contributed by atoms with Gasteiger partial charge in [0.1, 0.15) is 0 Å². The first-order valence-corrected chi connectivity index (χ1v) is 6.51. The molecule has 16 heavy (non-hydrogen) atoms. The van der Waals surface area contributed by atoms with Gasteiger partial charge in [0, 0.05) is 13.1 Å². The van der Waals surface area contributed by atoms with Gasteiger partial charge in [0.15, 0.2) is 0 Å². The zero-order valence-corrected chi connectivity index (χ0v) is 9.87. The molecule has 0 aliphatic carbocycles. The second-order valence-electron chi connectivity index (χ2n) is 3.71. The van der Waals surface area contributed by atoms with Crippen molar-refractivity contribution in [1.29, 1.82) is 0 Å². The van der Waals surface area contributed by atoms with Crippen molar-refractivity contribution in [2.75, 3.05) is 13.1 Å². The summed E-state index contributed by atoms with van der Waals surface area (Å²) in [4.78, 5) is 0.349. The Kier molecular flexibility index (Phi) is 2.97. The maximum absolute atomic E-state index is 12.2. The monoisotopic (exact) mass is 235 g/mol. The Morgan fingerprint density at radius 3 is 2.25 bits per heavy atom. The van der Waals surface area contributed by atoms with Gasteiger partial charge >= 0.3 is 0 Å². The lowest BCUT2D eigenvalue weighted by atomic mass is 10.2. The topological polar surface area (TPSA) is 37.4 Å². The number of sulfonamides is 1. The molecule has 1 aliphatic rings. The minimum absolute atomic E-state index is 0.349. The minimum Gasteiger partial charge on any atom is -0.207 e. The molecule has 1 aromatic carbocycles. The largest absolute Gasteiger partial charge is 0.243 e. The third-order valence-electron chi connectivity index (χ3n) is 2.48. The van der Waals surface area contributed by atoms with E-state index in [1.165, 1.54) is 4.31 Å². The van der Waals surface area contributed by atoms with Gasteiger partial charge in [-0.05, 0) is 31.2 Å². The summed E-state index contributed by atoms with van der Waals surface area (Å²) in [7, 11) is -3.35. The quantitative estimate of drug-likeness (QED) is 0.732. The summed E-state index contributed by atoms with van der Waals surface area (Å²) < 4.78 is 25.7. The highest BCUT2D eigenvalue weighted by molar-refractivity contribution is 7.89. The van der Waals surface area contributed by atoms with Crippen molar-refractivity contribution >= 4 is 10.0 Å². The zero-order chi connectivity index (χ0) is 11.6. The van der Waals surface area contributed by atoms with Crippen molar-refractivity contribution in [2.45, 2.75) is 11.8 Å². The van der Waals surface area contributed by atoms with E-state index in [4.69, 9.17) is 0 Å². The average Bonchev–Trinajstić information content (AvgIpc) is 2.31. The van der Waals surface area contributed by atoms with E-state index >= 15 is 0 Å². The first kappa shape index (κ1) is 11.1. The van der Waals surface area contributed by atoms with Crippen LogP contribution in [-0.2, 0) is 10.0 Å². The number of nitrogens with zero attached hydrogens (tertiary/aromatic N) is 1. The highest BCUT2D eigenvalue weighted by Crippen LogP contribution is 2.16. The van der Waals surface area contributed by atoms with Crippen LogP contribution in [-0.4, -0.2) is 25.8 Å². The van der Waals surface area contributed by atoms with Crippen molar-refractivity contribution in [3.8, 4) is 0 Å². The maximum atomic E-state index is 12.2. The summed E-state index contributed by atoms with van der Waals surface area (Å²) in [6.07, 6.45) is 3.44. The van der Waals surface area contributed by atoms with Crippen LogP contribution in [0.4, 0.5) is 0 Å².